The molecule has 0 fully saturated rings. The first-order valence-electron chi connectivity index (χ1n) is 6.75. The Bertz CT molecular complexity index is 760. The Morgan fingerprint density at radius 2 is 1.86 bits per heavy atom. The lowest BCUT2D eigenvalue weighted by atomic mass is 10.1. The van der Waals surface area contributed by atoms with Crippen LogP contribution in [0.2, 0.25) is 5.02 Å². The summed E-state index contributed by atoms with van der Waals surface area (Å²) in [6.45, 7) is 2.03. The van der Waals surface area contributed by atoms with E-state index in [-0.39, 0.29) is 12.3 Å². The Morgan fingerprint density at radius 3 is 2.55 bits per heavy atom. The summed E-state index contributed by atoms with van der Waals surface area (Å²) in [6.07, 6.45) is 0. The van der Waals surface area contributed by atoms with Gasteiger partial charge in [-0.2, -0.15) is 0 Å². The molecule has 0 unspecified atom stereocenters. The van der Waals surface area contributed by atoms with Crippen molar-refractivity contribution in [2.75, 3.05) is 7.11 Å². The Labute approximate surface area is 136 Å². The minimum absolute atomic E-state index is 0.0530. The van der Waals surface area contributed by atoms with Crippen molar-refractivity contribution < 1.29 is 13.2 Å². The van der Waals surface area contributed by atoms with Gasteiger partial charge in [0.1, 0.15) is 5.75 Å². The fourth-order valence-electron chi connectivity index (χ4n) is 2.10. The van der Waals surface area contributed by atoms with Gasteiger partial charge in [-0.05, 0) is 36.2 Å². The summed E-state index contributed by atoms with van der Waals surface area (Å²) in [7, 11) is -1.91. The second-order valence-electron chi connectivity index (χ2n) is 4.96. The molecule has 0 saturated heterocycles. The monoisotopic (exact) mass is 339 g/mol. The lowest BCUT2D eigenvalue weighted by molar-refractivity contribution is 0.409. The van der Waals surface area contributed by atoms with Gasteiger partial charge in [0, 0.05) is 17.1 Å². The second kappa shape index (κ2) is 7.13. The van der Waals surface area contributed by atoms with E-state index in [1.807, 2.05) is 31.2 Å². The number of rotatable bonds is 6. The van der Waals surface area contributed by atoms with Gasteiger partial charge in [-0.1, -0.05) is 35.9 Å². The molecule has 0 aliphatic rings. The molecule has 22 heavy (non-hydrogen) atoms. The number of hydrogen-bond donors (Lipinski definition) is 1. The summed E-state index contributed by atoms with van der Waals surface area (Å²) in [5.41, 5.74) is 2.43. The maximum atomic E-state index is 12.2. The Morgan fingerprint density at radius 1 is 1.14 bits per heavy atom. The molecule has 0 heterocycles. The SMILES string of the molecule is COc1ccc(Cl)cc1CNS(=O)(=O)Cc1ccccc1C. The standard InChI is InChI=1S/C16H18ClNO3S/c1-12-5-3-4-6-13(12)11-22(19,20)18-10-14-9-15(17)7-8-16(14)21-2/h3-9,18H,10-11H2,1-2H3. The second-order valence-corrected chi connectivity index (χ2v) is 7.21. The van der Waals surface area contributed by atoms with E-state index in [9.17, 15) is 8.42 Å². The number of ether oxygens (including phenoxy) is 1. The van der Waals surface area contributed by atoms with Gasteiger partial charge in [0.15, 0.2) is 0 Å². The highest BCUT2D eigenvalue weighted by molar-refractivity contribution is 7.88. The molecule has 1 N–H and O–H groups in total. The van der Waals surface area contributed by atoms with Crippen LogP contribution in [-0.4, -0.2) is 15.5 Å². The number of hydrogen-bond acceptors (Lipinski definition) is 3. The first-order valence-corrected chi connectivity index (χ1v) is 8.78. The average molecular weight is 340 g/mol. The van der Waals surface area contributed by atoms with E-state index in [4.69, 9.17) is 16.3 Å². The minimum Gasteiger partial charge on any atom is -0.496 e. The summed E-state index contributed by atoms with van der Waals surface area (Å²) >= 11 is 5.94. The van der Waals surface area contributed by atoms with Gasteiger partial charge in [-0.25, -0.2) is 13.1 Å². The zero-order valence-electron chi connectivity index (χ0n) is 12.5. The zero-order chi connectivity index (χ0) is 16.2. The van der Waals surface area contributed by atoms with E-state index in [0.29, 0.717) is 16.3 Å². The topological polar surface area (TPSA) is 55.4 Å². The molecule has 0 saturated carbocycles. The number of benzene rings is 2. The van der Waals surface area contributed by atoms with Crippen LogP contribution in [0, 0.1) is 6.92 Å². The van der Waals surface area contributed by atoms with Crippen LogP contribution in [0.15, 0.2) is 42.5 Å². The highest BCUT2D eigenvalue weighted by Gasteiger charge is 2.14. The molecule has 0 aromatic heterocycles. The van der Waals surface area contributed by atoms with E-state index in [0.717, 1.165) is 11.1 Å². The van der Waals surface area contributed by atoms with E-state index in [1.165, 1.54) is 7.11 Å². The van der Waals surface area contributed by atoms with Crippen LogP contribution in [0.25, 0.3) is 0 Å². The van der Waals surface area contributed by atoms with Gasteiger partial charge in [0.25, 0.3) is 0 Å². The quantitative estimate of drug-likeness (QED) is 0.878. The van der Waals surface area contributed by atoms with Crippen LogP contribution >= 0.6 is 11.6 Å². The third-order valence-electron chi connectivity index (χ3n) is 3.33. The van der Waals surface area contributed by atoms with Crippen LogP contribution in [0.5, 0.6) is 5.75 Å². The molecule has 2 rings (SSSR count). The van der Waals surface area contributed by atoms with E-state index < -0.39 is 10.0 Å². The Balaban J connectivity index is 2.10. The van der Waals surface area contributed by atoms with Crippen molar-refractivity contribution in [1.82, 2.24) is 4.72 Å². The largest absolute Gasteiger partial charge is 0.496 e. The number of aryl methyl sites for hydroxylation is 1. The number of methoxy groups -OCH3 is 1. The molecule has 0 spiro atoms. The smallest absolute Gasteiger partial charge is 0.216 e. The molecule has 4 nitrogen and oxygen atoms in total. The van der Waals surface area contributed by atoms with E-state index >= 15 is 0 Å². The maximum absolute atomic E-state index is 12.2. The highest BCUT2D eigenvalue weighted by Crippen LogP contribution is 2.22. The molecule has 0 aliphatic carbocycles. The Kier molecular flexibility index (Phi) is 5.45. The van der Waals surface area contributed by atoms with Crippen molar-refractivity contribution in [2.45, 2.75) is 19.2 Å². The molecular weight excluding hydrogens is 322 g/mol. The third kappa shape index (κ3) is 4.47. The fourth-order valence-corrected chi connectivity index (χ4v) is 3.51. The fraction of sp³-hybridized carbons (Fsp3) is 0.250. The van der Waals surface area contributed by atoms with Crippen molar-refractivity contribution in [3.63, 3.8) is 0 Å². The van der Waals surface area contributed by atoms with Gasteiger partial charge < -0.3 is 4.74 Å². The first kappa shape index (κ1) is 16.8. The van der Waals surface area contributed by atoms with Crippen molar-refractivity contribution in [2.24, 2.45) is 0 Å². The number of halogens is 1. The van der Waals surface area contributed by atoms with Crippen molar-refractivity contribution in [3.05, 3.63) is 64.2 Å². The molecular formula is C16H18ClNO3S. The normalized spacial score (nSPS) is 11.4. The Hall–Kier alpha value is -1.56. The summed E-state index contributed by atoms with van der Waals surface area (Å²) in [6, 6.07) is 12.5. The third-order valence-corrected chi connectivity index (χ3v) is 4.84. The first-order chi connectivity index (χ1) is 10.4. The number of nitrogens with one attached hydrogen (secondary N) is 1. The summed E-state index contributed by atoms with van der Waals surface area (Å²) in [4.78, 5) is 0. The lowest BCUT2D eigenvalue weighted by Crippen LogP contribution is -2.25. The van der Waals surface area contributed by atoms with Crippen molar-refractivity contribution in [1.29, 1.82) is 0 Å². The van der Waals surface area contributed by atoms with Crippen LogP contribution in [0.4, 0.5) is 0 Å². The molecule has 0 atom stereocenters. The molecule has 2 aromatic rings. The van der Waals surface area contributed by atoms with Crippen molar-refractivity contribution >= 4 is 21.6 Å². The van der Waals surface area contributed by atoms with Gasteiger partial charge >= 0.3 is 0 Å². The van der Waals surface area contributed by atoms with Gasteiger partial charge in [-0.3, -0.25) is 0 Å². The minimum atomic E-state index is -3.44. The summed E-state index contributed by atoms with van der Waals surface area (Å²) < 4.78 is 32.2. The molecule has 6 heteroatoms. The van der Waals surface area contributed by atoms with Crippen LogP contribution in [-0.2, 0) is 22.3 Å². The van der Waals surface area contributed by atoms with Crippen LogP contribution < -0.4 is 9.46 Å². The van der Waals surface area contributed by atoms with Crippen LogP contribution in [0.3, 0.4) is 0 Å². The molecule has 2 aromatic carbocycles. The molecule has 0 amide bonds. The average Bonchev–Trinajstić information content (AvgIpc) is 2.48. The molecule has 0 aliphatic heterocycles. The molecule has 118 valence electrons. The number of sulfonamides is 1. The molecule has 0 radical (unpaired) electrons. The van der Waals surface area contributed by atoms with Gasteiger partial charge in [0.2, 0.25) is 10.0 Å². The van der Waals surface area contributed by atoms with Crippen molar-refractivity contribution in [3.8, 4) is 5.75 Å². The lowest BCUT2D eigenvalue weighted by Gasteiger charge is -2.11. The van der Waals surface area contributed by atoms with Gasteiger partial charge in [0.05, 0.1) is 12.9 Å². The zero-order valence-corrected chi connectivity index (χ0v) is 14.0. The van der Waals surface area contributed by atoms with E-state index in [1.54, 1.807) is 18.2 Å². The van der Waals surface area contributed by atoms with Gasteiger partial charge in [-0.15, -0.1) is 0 Å². The maximum Gasteiger partial charge on any atom is 0.216 e. The highest BCUT2D eigenvalue weighted by atomic mass is 35.5. The summed E-state index contributed by atoms with van der Waals surface area (Å²) in [5.74, 6) is 0.547. The predicted molar refractivity (Wildman–Crippen MR) is 88.6 cm³/mol. The molecule has 0 bridgehead atoms. The van der Waals surface area contributed by atoms with Crippen LogP contribution in [0.1, 0.15) is 16.7 Å². The van der Waals surface area contributed by atoms with E-state index in [2.05, 4.69) is 4.72 Å². The predicted octanol–water partition coefficient (Wildman–Crippen LogP) is 3.28. The summed E-state index contributed by atoms with van der Waals surface area (Å²) in [5, 5.41) is 0.536.